The molecule has 1 unspecified atom stereocenters. The molecule has 1 N–H and O–H groups in total. The number of nitrogens with zero attached hydrogens (tertiary/aromatic N) is 1. The second-order valence-electron chi connectivity index (χ2n) is 4.79. The molecule has 18 heavy (non-hydrogen) atoms. The van der Waals surface area contributed by atoms with Gasteiger partial charge in [-0.05, 0) is 44.0 Å². The van der Waals surface area contributed by atoms with Crippen LogP contribution < -0.4 is 0 Å². The summed E-state index contributed by atoms with van der Waals surface area (Å²) in [5.74, 6) is -0.735. The van der Waals surface area contributed by atoms with Crippen molar-refractivity contribution in [3.63, 3.8) is 0 Å². The van der Waals surface area contributed by atoms with Crippen LogP contribution in [-0.2, 0) is 4.79 Å². The number of carboxylic acid groups (broad SMARTS) is 1. The molecule has 1 rings (SSSR count). The molecule has 3 heteroatoms. The van der Waals surface area contributed by atoms with E-state index in [9.17, 15) is 4.79 Å². The maximum Gasteiger partial charge on any atom is 0.304 e. The Balaban J connectivity index is 2.78. The van der Waals surface area contributed by atoms with Gasteiger partial charge < -0.3 is 5.11 Å². The van der Waals surface area contributed by atoms with Crippen LogP contribution in [-0.4, -0.2) is 29.1 Å². The van der Waals surface area contributed by atoms with E-state index in [-0.39, 0.29) is 12.5 Å². The van der Waals surface area contributed by atoms with Crippen molar-refractivity contribution in [3.8, 4) is 0 Å². The molecule has 0 aliphatic heterocycles. The normalized spacial score (nSPS) is 12.7. The largest absolute Gasteiger partial charge is 0.481 e. The Hall–Kier alpha value is -1.35. The van der Waals surface area contributed by atoms with Crippen LogP contribution in [0.25, 0.3) is 0 Å². The Kier molecular flexibility index (Phi) is 5.35. The van der Waals surface area contributed by atoms with Gasteiger partial charge in [-0.15, -0.1) is 0 Å². The van der Waals surface area contributed by atoms with Gasteiger partial charge in [-0.1, -0.05) is 25.1 Å². The molecular formula is C15H23NO2. The van der Waals surface area contributed by atoms with Gasteiger partial charge in [-0.2, -0.15) is 0 Å². The van der Waals surface area contributed by atoms with Crippen LogP contribution in [0.15, 0.2) is 18.2 Å². The third-order valence-corrected chi connectivity index (χ3v) is 3.58. The van der Waals surface area contributed by atoms with E-state index in [1.54, 1.807) is 0 Å². The van der Waals surface area contributed by atoms with Crippen molar-refractivity contribution in [3.05, 3.63) is 34.9 Å². The molecular weight excluding hydrogens is 226 g/mol. The van der Waals surface area contributed by atoms with Crippen LogP contribution in [0.4, 0.5) is 0 Å². The van der Waals surface area contributed by atoms with Crippen molar-refractivity contribution in [2.24, 2.45) is 0 Å². The number of benzene rings is 1. The lowest BCUT2D eigenvalue weighted by molar-refractivity contribution is -0.137. The summed E-state index contributed by atoms with van der Waals surface area (Å²) >= 11 is 0. The predicted molar refractivity (Wildman–Crippen MR) is 73.8 cm³/mol. The third kappa shape index (κ3) is 3.84. The summed E-state index contributed by atoms with van der Waals surface area (Å²) in [6, 6.07) is 6.72. The first-order valence-electron chi connectivity index (χ1n) is 6.48. The summed E-state index contributed by atoms with van der Waals surface area (Å²) < 4.78 is 0. The molecule has 0 spiro atoms. The molecule has 0 saturated heterocycles. The molecule has 0 aliphatic rings. The van der Waals surface area contributed by atoms with Crippen LogP contribution in [0.5, 0.6) is 0 Å². The van der Waals surface area contributed by atoms with Gasteiger partial charge in [0.05, 0.1) is 6.42 Å². The second kappa shape index (κ2) is 6.55. The highest BCUT2D eigenvalue weighted by atomic mass is 16.4. The molecule has 1 atom stereocenters. The molecule has 0 saturated carbocycles. The third-order valence-electron chi connectivity index (χ3n) is 3.58. The Bertz CT molecular complexity index is 415. The highest BCUT2D eigenvalue weighted by Crippen LogP contribution is 2.22. The number of rotatable bonds is 6. The van der Waals surface area contributed by atoms with Crippen LogP contribution in [0, 0.1) is 13.8 Å². The van der Waals surface area contributed by atoms with E-state index in [2.05, 4.69) is 50.8 Å². The molecule has 0 aliphatic carbocycles. The highest BCUT2D eigenvalue weighted by Gasteiger charge is 2.15. The minimum atomic E-state index is -0.735. The number of hydrogen-bond acceptors (Lipinski definition) is 2. The molecule has 0 heterocycles. The zero-order valence-corrected chi connectivity index (χ0v) is 11.7. The monoisotopic (exact) mass is 249 g/mol. The van der Waals surface area contributed by atoms with E-state index in [0.29, 0.717) is 6.54 Å². The van der Waals surface area contributed by atoms with Gasteiger partial charge in [0, 0.05) is 12.6 Å². The van der Waals surface area contributed by atoms with Crippen molar-refractivity contribution >= 4 is 5.97 Å². The minimum absolute atomic E-state index is 0.197. The maximum absolute atomic E-state index is 10.7. The van der Waals surface area contributed by atoms with Crippen LogP contribution in [0.3, 0.4) is 0 Å². The van der Waals surface area contributed by atoms with Crippen molar-refractivity contribution in [2.45, 2.75) is 40.2 Å². The average molecular weight is 249 g/mol. The first-order chi connectivity index (χ1) is 8.45. The molecule has 0 radical (unpaired) electrons. The van der Waals surface area contributed by atoms with E-state index in [4.69, 9.17) is 5.11 Å². The van der Waals surface area contributed by atoms with Crippen molar-refractivity contribution < 1.29 is 9.90 Å². The second-order valence-corrected chi connectivity index (χ2v) is 4.79. The quantitative estimate of drug-likeness (QED) is 0.842. The molecule has 100 valence electrons. The highest BCUT2D eigenvalue weighted by molar-refractivity contribution is 5.66. The summed E-state index contributed by atoms with van der Waals surface area (Å²) in [4.78, 5) is 12.8. The SMILES string of the molecule is CCN(CCC(=O)O)C(C)c1ccc(C)c(C)c1. The Morgan fingerprint density at radius 2 is 2.00 bits per heavy atom. The summed E-state index contributed by atoms with van der Waals surface area (Å²) in [5.41, 5.74) is 3.83. The number of aryl methyl sites for hydroxylation is 2. The fourth-order valence-electron chi connectivity index (χ4n) is 2.10. The zero-order chi connectivity index (χ0) is 13.7. The van der Waals surface area contributed by atoms with Crippen LogP contribution in [0.1, 0.15) is 43.0 Å². The smallest absolute Gasteiger partial charge is 0.304 e. The van der Waals surface area contributed by atoms with Crippen molar-refractivity contribution in [1.29, 1.82) is 0 Å². The summed E-state index contributed by atoms with van der Waals surface area (Å²) in [6.07, 6.45) is 0.197. The number of carboxylic acids is 1. The Morgan fingerprint density at radius 3 is 2.50 bits per heavy atom. The standard InChI is InChI=1S/C15H23NO2/c1-5-16(9-8-15(17)18)13(4)14-7-6-11(2)12(3)10-14/h6-7,10,13H,5,8-9H2,1-4H3,(H,17,18). The Morgan fingerprint density at radius 1 is 1.33 bits per heavy atom. The van der Waals surface area contributed by atoms with E-state index in [1.165, 1.54) is 16.7 Å². The predicted octanol–water partition coefficient (Wildman–Crippen LogP) is 3.16. The molecule has 1 aromatic carbocycles. The molecule has 0 bridgehead atoms. The molecule has 0 fully saturated rings. The van der Waals surface area contributed by atoms with Crippen LogP contribution in [0.2, 0.25) is 0 Å². The fraction of sp³-hybridized carbons (Fsp3) is 0.533. The maximum atomic E-state index is 10.7. The van der Waals surface area contributed by atoms with Gasteiger partial charge in [0.2, 0.25) is 0 Å². The lowest BCUT2D eigenvalue weighted by Gasteiger charge is -2.28. The molecule has 0 amide bonds. The first-order valence-corrected chi connectivity index (χ1v) is 6.48. The van der Waals surface area contributed by atoms with Crippen molar-refractivity contribution in [2.75, 3.05) is 13.1 Å². The van der Waals surface area contributed by atoms with Crippen LogP contribution >= 0.6 is 0 Å². The molecule has 3 nitrogen and oxygen atoms in total. The topological polar surface area (TPSA) is 40.5 Å². The van der Waals surface area contributed by atoms with Gasteiger partial charge >= 0.3 is 5.97 Å². The minimum Gasteiger partial charge on any atom is -0.481 e. The van der Waals surface area contributed by atoms with Gasteiger partial charge in [0.25, 0.3) is 0 Å². The lowest BCUT2D eigenvalue weighted by Crippen LogP contribution is -2.29. The lowest BCUT2D eigenvalue weighted by atomic mass is 10.0. The number of hydrogen-bond donors (Lipinski definition) is 1. The number of aliphatic carboxylic acids is 1. The fourth-order valence-corrected chi connectivity index (χ4v) is 2.10. The van der Waals surface area contributed by atoms with Crippen molar-refractivity contribution in [1.82, 2.24) is 4.90 Å². The van der Waals surface area contributed by atoms with E-state index in [0.717, 1.165) is 6.54 Å². The average Bonchev–Trinajstić information content (AvgIpc) is 2.32. The molecule has 0 aromatic heterocycles. The molecule has 1 aromatic rings. The first kappa shape index (κ1) is 14.7. The van der Waals surface area contributed by atoms with Gasteiger partial charge in [-0.3, -0.25) is 9.69 Å². The summed E-state index contributed by atoms with van der Waals surface area (Å²) in [5, 5.41) is 8.76. The van der Waals surface area contributed by atoms with E-state index in [1.807, 2.05) is 0 Å². The summed E-state index contributed by atoms with van der Waals surface area (Å²) in [7, 11) is 0. The number of carbonyl (C=O) groups is 1. The van der Waals surface area contributed by atoms with Gasteiger partial charge in [0.15, 0.2) is 0 Å². The van der Waals surface area contributed by atoms with Gasteiger partial charge in [-0.25, -0.2) is 0 Å². The summed E-state index contributed by atoms with van der Waals surface area (Å²) in [6.45, 7) is 9.88. The van der Waals surface area contributed by atoms with Gasteiger partial charge in [0.1, 0.15) is 0 Å². The van der Waals surface area contributed by atoms with E-state index >= 15 is 0 Å². The zero-order valence-electron chi connectivity index (χ0n) is 11.7. The van der Waals surface area contributed by atoms with E-state index < -0.39 is 5.97 Å². The Labute approximate surface area is 109 Å².